The van der Waals surface area contributed by atoms with Crippen LogP contribution in [0.3, 0.4) is 0 Å². The number of methoxy groups -OCH3 is 2. The number of nitriles is 1. The van der Waals surface area contributed by atoms with Gasteiger partial charge >= 0.3 is 0 Å². The van der Waals surface area contributed by atoms with E-state index in [1.807, 2.05) is 0 Å². The molecule has 0 fully saturated rings. The van der Waals surface area contributed by atoms with Crippen molar-refractivity contribution in [2.75, 3.05) is 20.8 Å². The Morgan fingerprint density at radius 1 is 1.35 bits per heavy atom. The number of ether oxygens (including phenoxy) is 2. The van der Waals surface area contributed by atoms with Crippen LogP contribution in [0.2, 0.25) is 0 Å². The van der Waals surface area contributed by atoms with E-state index < -0.39 is 0 Å². The fourth-order valence-electron chi connectivity index (χ4n) is 1.46. The van der Waals surface area contributed by atoms with Gasteiger partial charge in [-0.05, 0) is 30.7 Å². The van der Waals surface area contributed by atoms with Crippen LogP contribution in [0.25, 0.3) is 6.08 Å². The molecule has 0 aromatic heterocycles. The number of hydrogen-bond acceptors (Lipinski definition) is 4. The van der Waals surface area contributed by atoms with Crippen molar-refractivity contribution in [3.8, 4) is 17.6 Å². The first-order chi connectivity index (χ1) is 9.58. The summed E-state index contributed by atoms with van der Waals surface area (Å²) in [6.45, 7) is 2.08. The standard InChI is InChI=1S/C15H18N2O3/c1-11(9-16)10-17-15(18)5-4-12-6-13(19-2)8-14(7-12)20-3/h4-8,11H,10H2,1-3H3,(H,17,18)/b5-4-/t11-/m0/s1. The van der Waals surface area contributed by atoms with Crippen LogP contribution in [0.1, 0.15) is 12.5 Å². The zero-order chi connectivity index (χ0) is 15.0. The molecule has 0 aliphatic rings. The highest BCUT2D eigenvalue weighted by Crippen LogP contribution is 2.23. The van der Waals surface area contributed by atoms with Gasteiger partial charge in [0.2, 0.25) is 5.91 Å². The van der Waals surface area contributed by atoms with Gasteiger partial charge in [0.25, 0.3) is 0 Å². The number of carbonyl (C=O) groups is 1. The molecule has 0 radical (unpaired) electrons. The molecule has 1 rings (SSSR count). The van der Waals surface area contributed by atoms with Gasteiger partial charge in [0, 0.05) is 18.7 Å². The highest BCUT2D eigenvalue weighted by molar-refractivity contribution is 5.91. The molecule has 0 saturated carbocycles. The first kappa shape index (κ1) is 15.6. The van der Waals surface area contributed by atoms with Gasteiger partial charge in [-0.2, -0.15) is 5.26 Å². The largest absolute Gasteiger partial charge is 0.497 e. The van der Waals surface area contributed by atoms with Gasteiger partial charge in [0.05, 0.1) is 26.2 Å². The molecular weight excluding hydrogens is 256 g/mol. The average Bonchev–Trinajstić information content (AvgIpc) is 2.49. The summed E-state index contributed by atoms with van der Waals surface area (Å²) in [5, 5.41) is 11.3. The maximum absolute atomic E-state index is 11.6. The van der Waals surface area contributed by atoms with Crippen molar-refractivity contribution in [2.45, 2.75) is 6.92 Å². The summed E-state index contributed by atoms with van der Waals surface area (Å²) in [5.74, 6) is 0.864. The summed E-state index contributed by atoms with van der Waals surface area (Å²) in [7, 11) is 3.14. The van der Waals surface area contributed by atoms with Gasteiger partial charge < -0.3 is 14.8 Å². The molecule has 0 aliphatic carbocycles. The molecule has 0 bridgehead atoms. The molecule has 0 heterocycles. The van der Waals surface area contributed by atoms with Crippen LogP contribution in [0.5, 0.6) is 11.5 Å². The molecule has 20 heavy (non-hydrogen) atoms. The molecular formula is C15H18N2O3. The Balaban J connectivity index is 2.70. The van der Waals surface area contributed by atoms with Gasteiger partial charge in [0.1, 0.15) is 11.5 Å². The zero-order valence-electron chi connectivity index (χ0n) is 11.8. The van der Waals surface area contributed by atoms with Crippen LogP contribution in [0.15, 0.2) is 24.3 Å². The second-order valence-electron chi connectivity index (χ2n) is 4.25. The quantitative estimate of drug-likeness (QED) is 0.805. The van der Waals surface area contributed by atoms with E-state index >= 15 is 0 Å². The average molecular weight is 274 g/mol. The van der Waals surface area contributed by atoms with Gasteiger partial charge in [-0.1, -0.05) is 0 Å². The van der Waals surface area contributed by atoms with E-state index in [0.29, 0.717) is 18.0 Å². The van der Waals surface area contributed by atoms with E-state index in [2.05, 4.69) is 11.4 Å². The Hall–Kier alpha value is -2.48. The molecule has 1 atom stereocenters. The van der Waals surface area contributed by atoms with Crippen LogP contribution in [-0.2, 0) is 4.79 Å². The highest BCUT2D eigenvalue weighted by Gasteiger charge is 2.02. The van der Waals surface area contributed by atoms with Crippen molar-refractivity contribution < 1.29 is 14.3 Å². The van der Waals surface area contributed by atoms with E-state index in [-0.39, 0.29) is 11.8 Å². The first-order valence-electron chi connectivity index (χ1n) is 6.17. The van der Waals surface area contributed by atoms with Crippen molar-refractivity contribution in [1.82, 2.24) is 5.32 Å². The maximum atomic E-state index is 11.6. The summed E-state index contributed by atoms with van der Waals surface area (Å²) < 4.78 is 10.3. The van der Waals surface area contributed by atoms with Crippen LogP contribution in [0.4, 0.5) is 0 Å². The second kappa shape index (κ2) is 7.85. The Morgan fingerprint density at radius 3 is 2.45 bits per heavy atom. The topological polar surface area (TPSA) is 71.3 Å². The lowest BCUT2D eigenvalue weighted by atomic mass is 10.2. The lowest BCUT2D eigenvalue weighted by molar-refractivity contribution is -0.116. The van der Waals surface area contributed by atoms with Crippen LogP contribution >= 0.6 is 0 Å². The maximum Gasteiger partial charge on any atom is 0.244 e. The molecule has 1 aromatic carbocycles. The molecule has 0 unspecified atom stereocenters. The van der Waals surface area contributed by atoms with Gasteiger partial charge in [0.15, 0.2) is 0 Å². The molecule has 0 aliphatic heterocycles. The van der Waals surface area contributed by atoms with Gasteiger partial charge in [-0.25, -0.2) is 0 Å². The smallest absolute Gasteiger partial charge is 0.244 e. The van der Waals surface area contributed by atoms with Crippen molar-refractivity contribution >= 4 is 12.0 Å². The summed E-state index contributed by atoms with van der Waals surface area (Å²) in [5.41, 5.74) is 0.796. The number of benzene rings is 1. The van der Waals surface area contributed by atoms with Crippen molar-refractivity contribution in [3.05, 3.63) is 29.8 Å². The van der Waals surface area contributed by atoms with Gasteiger partial charge in [-0.15, -0.1) is 0 Å². The normalized spacial score (nSPS) is 11.7. The number of nitrogens with one attached hydrogen (secondary N) is 1. The van der Waals surface area contributed by atoms with E-state index in [0.717, 1.165) is 5.56 Å². The van der Waals surface area contributed by atoms with Crippen LogP contribution < -0.4 is 14.8 Å². The molecule has 106 valence electrons. The summed E-state index contributed by atoms with van der Waals surface area (Å²) >= 11 is 0. The van der Waals surface area contributed by atoms with Crippen molar-refractivity contribution in [3.63, 3.8) is 0 Å². The lowest BCUT2D eigenvalue weighted by Crippen LogP contribution is -2.25. The summed E-state index contributed by atoms with van der Waals surface area (Å²) in [6.07, 6.45) is 3.08. The molecule has 0 spiro atoms. The number of rotatable bonds is 6. The van der Waals surface area contributed by atoms with E-state index in [9.17, 15) is 4.79 Å². The molecule has 1 amide bonds. The van der Waals surface area contributed by atoms with E-state index in [1.165, 1.54) is 6.08 Å². The van der Waals surface area contributed by atoms with E-state index in [1.54, 1.807) is 45.4 Å². The summed E-state index contributed by atoms with van der Waals surface area (Å²) in [4.78, 5) is 11.6. The Bertz CT molecular complexity index is 510. The Labute approximate surface area is 118 Å². The van der Waals surface area contributed by atoms with Crippen molar-refractivity contribution in [1.29, 1.82) is 5.26 Å². The minimum Gasteiger partial charge on any atom is -0.497 e. The molecule has 0 saturated heterocycles. The van der Waals surface area contributed by atoms with Crippen molar-refractivity contribution in [2.24, 2.45) is 5.92 Å². The Morgan fingerprint density at radius 2 is 1.95 bits per heavy atom. The SMILES string of the molecule is COc1cc(/C=C\C(=O)NC[C@@H](C)C#N)cc(OC)c1. The monoisotopic (exact) mass is 274 g/mol. The third kappa shape index (κ3) is 5.02. The number of hydrogen-bond donors (Lipinski definition) is 1. The third-order valence-electron chi connectivity index (χ3n) is 2.60. The fourth-order valence-corrected chi connectivity index (χ4v) is 1.46. The molecule has 1 aromatic rings. The predicted octanol–water partition coefficient (Wildman–Crippen LogP) is 1.99. The number of carbonyl (C=O) groups excluding carboxylic acids is 1. The van der Waals surface area contributed by atoms with E-state index in [4.69, 9.17) is 14.7 Å². The minimum absolute atomic E-state index is 0.204. The first-order valence-corrected chi connectivity index (χ1v) is 6.17. The minimum atomic E-state index is -0.242. The lowest BCUT2D eigenvalue weighted by Gasteiger charge is -2.06. The van der Waals surface area contributed by atoms with Gasteiger partial charge in [-0.3, -0.25) is 4.79 Å². The van der Waals surface area contributed by atoms with Crippen LogP contribution in [0, 0.1) is 17.2 Å². The predicted molar refractivity (Wildman–Crippen MR) is 76.4 cm³/mol. The third-order valence-corrected chi connectivity index (χ3v) is 2.60. The number of amides is 1. The molecule has 5 heteroatoms. The Kier molecular flexibility index (Phi) is 6.11. The fraction of sp³-hybridized carbons (Fsp3) is 0.333. The highest BCUT2D eigenvalue weighted by atomic mass is 16.5. The summed E-state index contributed by atoms with van der Waals surface area (Å²) in [6, 6.07) is 7.40. The second-order valence-corrected chi connectivity index (χ2v) is 4.25. The zero-order valence-corrected chi connectivity index (χ0v) is 11.8. The number of nitrogens with zero attached hydrogens (tertiary/aromatic N) is 1. The molecule has 5 nitrogen and oxygen atoms in total. The van der Waals surface area contributed by atoms with Crippen LogP contribution in [-0.4, -0.2) is 26.7 Å². The molecule has 1 N–H and O–H groups in total.